The van der Waals surface area contributed by atoms with Crippen LogP contribution in [0, 0.1) is 0 Å². The summed E-state index contributed by atoms with van der Waals surface area (Å²) >= 11 is 1.46. The van der Waals surface area contributed by atoms with Crippen LogP contribution in [0.1, 0.15) is 17.5 Å². The van der Waals surface area contributed by atoms with Crippen LogP contribution in [-0.4, -0.2) is 24.7 Å². The Balaban J connectivity index is 2.60. The molecule has 78 valence electrons. The van der Waals surface area contributed by atoms with Gasteiger partial charge in [-0.05, 0) is 25.3 Å². The Morgan fingerprint density at radius 1 is 1.71 bits per heavy atom. The van der Waals surface area contributed by atoms with Gasteiger partial charge in [0.25, 0.3) is 5.91 Å². The van der Waals surface area contributed by atoms with Gasteiger partial charge in [-0.2, -0.15) is 0 Å². The molecule has 1 heterocycles. The van der Waals surface area contributed by atoms with E-state index >= 15 is 0 Å². The molecule has 0 aliphatic carbocycles. The number of hydrogen-bond acceptors (Lipinski definition) is 4. The van der Waals surface area contributed by atoms with E-state index in [4.69, 9.17) is 10.2 Å². The molecule has 14 heavy (non-hydrogen) atoms. The van der Waals surface area contributed by atoms with Crippen LogP contribution in [-0.2, 0) is 0 Å². The molecule has 0 spiro atoms. The van der Waals surface area contributed by atoms with E-state index in [2.05, 4.69) is 5.32 Å². The molecule has 4 nitrogen and oxygen atoms in total. The average molecular weight is 214 g/mol. The van der Waals surface area contributed by atoms with Crippen molar-refractivity contribution in [2.75, 3.05) is 12.8 Å². The molecule has 0 aliphatic rings. The van der Waals surface area contributed by atoms with Gasteiger partial charge in [0.15, 0.2) is 10.9 Å². The highest BCUT2D eigenvalue weighted by Gasteiger charge is 2.12. The Bertz CT molecular complexity index is 312. The predicted molar refractivity (Wildman–Crippen MR) is 56.5 cm³/mol. The Hall–Kier alpha value is -0.940. The molecular weight excluding hydrogens is 200 g/mol. The van der Waals surface area contributed by atoms with Gasteiger partial charge in [-0.25, -0.2) is 0 Å². The lowest BCUT2D eigenvalue weighted by Gasteiger charge is -2.08. The van der Waals surface area contributed by atoms with Gasteiger partial charge in [0.2, 0.25) is 0 Å². The number of carbonyl (C=O) groups is 1. The Morgan fingerprint density at radius 3 is 2.93 bits per heavy atom. The van der Waals surface area contributed by atoms with Crippen LogP contribution in [0.5, 0.6) is 0 Å². The van der Waals surface area contributed by atoms with E-state index in [0.29, 0.717) is 12.3 Å². The van der Waals surface area contributed by atoms with E-state index in [1.165, 1.54) is 11.8 Å². The normalized spacial score (nSPS) is 12.5. The quantitative estimate of drug-likeness (QED) is 0.736. The molecule has 0 aliphatic heterocycles. The summed E-state index contributed by atoms with van der Waals surface area (Å²) in [5.74, 6) is 0.109. The van der Waals surface area contributed by atoms with Crippen LogP contribution < -0.4 is 11.1 Å². The van der Waals surface area contributed by atoms with E-state index in [1.54, 1.807) is 12.1 Å². The van der Waals surface area contributed by atoms with Gasteiger partial charge >= 0.3 is 0 Å². The molecule has 1 atom stereocenters. The second-order valence-corrected chi connectivity index (χ2v) is 3.74. The molecule has 0 radical (unpaired) electrons. The van der Waals surface area contributed by atoms with Gasteiger partial charge in [0.1, 0.15) is 0 Å². The number of furan rings is 1. The molecule has 0 bridgehead atoms. The van der Waals surface area contributed by atoms with E-state index in [0.717, 1.165) is 5.09 Å². The van der Waals surface area contributed by atoms with Crippen LogP contribution in [0.25, 0.3) is 0 Å². The van der Waals surface area contributed by atoms with Gasteiger partial charge in [-0.3, -0.25) is 4.79 Å². The minimum absolute atomic E-state index is 0.0367. The van der Waals surface area contributed by atoms with Crippen LogP contribution in [0.3, 0.4) is 0 Å². The molecule has 1 aromatic heterocycles. The Labute approximate surface area is 87.2 Å². The molecule has 5 heteroatoms. The van der Waals surface area contributed by atoms with E-state index in [9.17, 15) is 4.79 Å². The van der Waals surface area contributed by atoms with Gasteiger partial charge in [-0.1, -0.05) is 11.8 Å². The number of thioether (sulfide) groups is 1. The molecule has 0 aromatic carbocycles. The number of amides is 1. The van der Waals surface area contributed by atoms with Crippen molar-refractivity contribution in [2.45, 2.75) is 18.1 Å². The largest absolute Gasteiger partial charge is 0.445 e. The van der Waals surface area contributed by atoms with Crippen LogP contribution >= 0.6 is 11.8 Å². The zero-order valence-electron chi connectivity index (χ0n) is 8.24. The fourth-order valence-corrected chi connectivity index (χ4v) is 1.28. The third-order valence-corrected chi connectivity index (χ3v) is 2.36. The van der Waals surface area contributed by atoms with Gasteiger partial charge in [0.05, 0.1) is 0 Å². The van der Waals surface area contributed by atoms with Gasteiger partial charge in [0, 0.05) is 12.6 Å². The van der Waals surface area contributed by atoms with Crippen LogP contribution in [0.15, 0.2) is 21.6 Å². The van der Waals surface area contributed by atoms with Gasteiger partial charge in [-0.15, -0.1) is 0 Å². The summed E-state index contributed by atoms with van der Waals surface area (Å²) < 4.78 is 5.25. The first-order valence-electron chi connectivity index (χ1n) is 4.32. The SMILES string of the molecule is CSc1ccc(C(=O)N[C@H](C)CN)o1. The lowest BCUT2D eigenvalue weighted by atomic mass is 10.3. The van der Waals surface area contributed by atoms with Crippen molar-refractivity contribution in [3.05, 3.63) is 17.9 Å². The zero-order valence-corrected chi connectivity index (χ0v) is 9.06. The predicted octanol–water partition coefficient (Wildman–Crippen LogP) is 1.08. The lowest BCUT2D eigenvalue weighted by Crippen LogP contribution is -2.37. The third-order valence-electron chi connectivity index (χ3n) is 1.74. The summed E-state index contributed by atoms with van der Waals surface area (Å²) in [4.78, 5) is 11.5. The van der Waals surface area contributed by atoms with E-state index < -0.39 is 0 Å². The highest BCUT2D eigenvalue weighted by atomic mass is 32.2. The highest BCUT2D eigenvalue weighted by Crippen LogP contribution is 2.17. The molecule has 3 N–H and O–H groups in total. The summed E-state index contributed by atoms with van der Waals surface area (Å²) in [7, 11) is 0. The number of rotatable bonds is 4. The van der Waals surface area contributed by atoms with Crippen molar-refractivity contribution in [3.8, 4) is 0 Å². The maximum atomic E-state index is 11.5. The van der Waals surface area contributed by atoms with E-state index in [1.807, 2.05) is 13.2 Å². The Morgan fingerprint density at radius 2 is 2.43 bits per heavy atom. The lowest BCUT2D eigenvalue weighted by molar-refractivity contribution is 0.0908. The fourth-order valence-electron chi connectivity index (χ4n) is 0.906. The first-order valence-corrected chi connectivity index (χ1v) is 5.54. The van der Waals surface area contributed by atoms with Crippen molar-refractivity contribution in [1.82, 2.24) is 5.32 Å². The standard InChI is InChI=1S/C9H14N2O2S/c1-6(5-10)11-9(12)7-3-4-8(13-7)14-2/h3-4,6H,5,10H2,1-2H3,(H,11,12)/t6-/m1/s1. The molecule has 0 saturated carbocycles. The summed E-state index contributed by atoms with van der Waals surface area (Å²) in [5, 5.41) is 3.45. The summed E-state index contributed by atoms with van der Waals surface area (Å²) in [5.41, 5.74) is 5.38. The maximum Gasteiger partial charge on any atom is 0.287 e. The minimum Gasteiger partial charge on any atom is -0.445 e. The van der Waals surface area contributed by atoms with Crippen molar-refractivity contribution in [1.29, 1.82) is 0 Å². The smallest absolute Gasteiger partial charge is 0.287 e. The molecule has 1 aromatic rings. The monoisotopic (exact) mass is 214 g/mol. The second kappa shape index (κ2) is 5.07. The molecule has 0 fully saturated rings. The van der Waals surface area contributed by atoms with Crippen molar-refractivity contribution >= 4 is 17.7 Å². The summed E-state index contributed by atoms with van der Waals surface area (Å²) in [6, 6.07) is 3.39. The highest BCUT2D eigenvalue weighted by molar-refractivity contribution is 7.98. The van der Waals surface area contributed by atoms with Crippen molar-refractivity contribution < 1.29 is 9.21 Å². The first-order chi connectivity index (χ1) is 6.67. The number of nitrogens with one attached hydrogen (secondary N) is 1. The number of nitrogens with two attached hydrogens (primary N) is 1. The topological polar surface area (TPSA) is 68.3 Å². The van der Waals surface area contributed by atoms with Crippen LogP contribution in [0.4, 0.5) is 0 Å². The first kappa shape index (κ1) is 11.1. The summed E-state index contributed by atoms with van der Waals surface area (Å²) in [6.07, 6.45) is 1.89. The minimum atomic E-state index is -0.219. The summed E-state index contributed by atoms with van der Waals surface area (Å²) in [6.45, 7) is 2.26. The van der Waals surface area contributed by atoms with Crippen molar-refractivity contribution in [2.24, 2.45) is 5.73 Å². The number of hydrogen-bond donors (Lipinski definition) is 2. The molecule has 0 unspecified atom stereocenters. The van der Waals surface area contributed by atoms with Crippen molar-refractivity contribution in [3.63, 3.8) is 0 Å². The molecule has 0 saturated heterocycles. The number of carbonyl (C=O) groups excluding carboxylic acids is 1. The second-order valence-electron chi connectivity index (χ2n) is 2.93. The fraction of sp³-hybridized carbons (Fsp3) is 0.444. The zero-order chi connectivity index (χ0) is 10.6. The average Bonchev–Trinajstić information content (AvgIpc) is 2.65. The Kier molecular flexibility index (Phi) is 4.03. The molecule has 1 rings (SSSR count). The van der Waals surface area contributed by atoms with Crippen LogP contribution in [0.2, 0.25) is 0 Å². The van der Waals surface area contributed by atoms with Gasteiger partial charge < -0.3 is 15.5 Å². The maximum absolute atomic E-state index is 11.5. The molecular formula is C9H14N2O2S. The van der Waals surface area contributed by atoms with E-state index in [-0.39, 0.29) is 11.9 Å². The third kappa shape index (κ3) is 2.78. The molecule has 1 amide bonds.